The molecule has 3 heterocycles. The van der Waals surface area contributed by atoms with E-state index in [0.717, 1.165) is 33.6 Å². The molecule has 1 aromatic carbocycles. The first kappa shape index (κ1) is 25.9. The van der Waals surface area contributed by atoms with Gasteiger partial charge in [0.15, 0.2) is 0 Å². The molecule has 0 spiro atoms. The van der Waals surface area contributed by atoms with Crippen LogP contribution in [0.5, 0.6) is 5.75 Å². The van der Waals surface area contributed by atoms with Crippen molar-refractivity contribution in [2.45, 2.75) is 45.2 Å². The lowest BCUT2D eigenvalue weighted by Gasteiger charge is -2.43. The third-order valence-electron chi connectivity index (χ3n) is 7.72. The highest BCUT2D eigenvalue weighted by Crippen LogP contribution is 2.51. The third-order valence-corrected chi connectivity index (χ3v) is 8.58. The van der Waals surface area contributed by atoms with Crippen LogP contribution in [0.1, 0.15) is 36.6 Å². The zero-order valence-corrected chi connectivity index (χ0v) is 21.9. The summed E-state index contributed by atoms with van der Waals surface area (Å²) in [6.45, 7) is 2.72. The molecule has 2 aliphatic heterocycles. The van der Waals surface area contributed by atoms with Crippen molar-refractivity contribution < 1.29 is 29.1 Å². The number of carbonyl (C=O) groups excluding carboxylic acids is 2. The van der Waals surface area contributed by atoms with E-state index in [2.05, 4.69) is 6.08 Å². The summed E-state index contributed by atoms with van der Waals surface area (Å²) in [5, 5.41) is 22.2. The highest BCUT2D eigenvalue weighted by Gasteiger charge is 2.57. The summed E-state index contributed by atoms with van der Waals surface area (Å²) < 4.78 is 11.6. The lowest BCUT2D eigenvalue weighted by Crippen LogP contribution is -2.46. The zero-order chi connectivity index (χ0) is 26.1. The third kappa shape index (κ3) is 5.32. The fraction of sp³-hybridized carbons (Fsp3) is 0.429. The topological polar surface area (TPSA) is 96.3 Å². The lowest BCUT2D eigenvalue weighted by atomic mass is 9.58. The second-order valence-electron chi connectivity index (χ2n) is 10.2. The first-order valence-corrected chi connectivity index (χ1v) is 13.6. The molecule has 2 fully saturated rings. The quantitative estimate of drug-likeness (QED) is 0.306. The Morgan fingerprint density at radius 2 is 2.00 bits per heavy atom. The molecule has 0 unspecified atom stereocenters. The van der Waals surface area contributed by atoms with Gasteiger partial charge in [-0.25, -0.2) is 0 Å². The molecule has 2 amide bonds. The number of methoxy groups -OCH3 is 1. The average molecular weight is 521 g/mol. The Balaban J connectivity index is 1.39. The molecule has 0 radical (unpaired) electrons. The number of ether oxygens (including phenoxy) is 1. The first-order chi connectivity index (χ1) is 17.9. The lowest BCUT2D eigenvalue weighted by molar-refractivity contribution is -0.140. The number of allylic oxidation sites excluding steroid dienone is 1. The van der Waals surface area contributed by atoms with Crippen molar-refractivity contribution in [1.82, 2.24) is 4.90 Å². The largest absolute Gasteiger partial charge is 0.508 e. The molecule has 0 bridgehead atoms. The molecule has 1 aliphatic carbocycles. The predicted octanol–water partition coefficient (Wildman–Crippen LogP) is 4.28. The molecule has 4 atom stereocenters. The molecule has 37 heavy (non-hydrogen) atoms. The van der Waals surface area contributed by atoms with Crippen molar-refractivity contribution in [2.75, 3.05) is 13.7 Å². The smallest absolute Gasteiger partial charge is 0.455 e. The number of likely N-dealkylation sites (tertiary alicyclic amines) is 1. The van der Waals surface area contributed by atoms with Crippen LogP contribution in [-0.2, 0) is 25.5 Å². The average Bonchev–Trinajstić information content (AvgIpc) is 3.47. The van der Waals surface area contributed by atoms with E-state index in [-0.39, 0.29) is 29.6 Å². The second-order valence-corrected chi connectivity index (χ2v) is 11.2. The van der Waals surface area contributed by atoms with Crippen LogP contribution in [-0.4, -0.2) is 53.8 Å². The maximum Gasteiger partial charge on any atom is 0.455 e. The number of fused-ring (bicyclic) bond motifs is 3. The van der Waals surface area contributed by atoms with Gasteiger partial charge in [0.25, 0.3) is 0 Å². The normalized spacial score (nSPS) is 26.1. The second kappa shape index (κ2) is 11.0. The van der Waals surface area contributed by atoms with Crippen LogP contribution >= 0.6 is 11.3 Å². The fourth-order valence-electron chi connectivity index (χ4n) is 6.14. The van der Waals surface area contributed by atoms with Gasteiger partial charge in [-0.3, -0.25) is 14.5 Å². The SMILES string of the molecule is COCC1=C2[C@@H](CC/C(C)=C/c3ccc(O)cc3)OB(O)C[C@@H]2[C@@H]2C(=O)N(Cc3cccs3)C(=O)[C@@H]2C1. The summed E-state index contributed by atoms with van der Waals surface area (Å²) in [6.07, 6.45) is 3.88. The maximum atomic E-state index is 13.6. The summed E-state index contributed by atoms with van der Waals surface area (Å²) in [7, 11) is 0.647. The summed E-state index contributed by atoms with van der Waals surface area (Å²) in [4.78, 5) is 29.4. The van der Waals surface area contributed by atoms with Crippen molar-refractivity contribution in [1.29, 1.82) is 0 Å². The monoisotopic (exact) mass is 521 g/mol. The number of amides is 2. The number of hydrogen-bond acceptors (Lipinski definition) is 7. The molecule has 3 aliphatic rings. The molecule has 2 saturated heterocycles. The van der Waals surface area contributed by atoms with E-state index in [1.54, 1.807) is 19.2 Å². The molecule has 5 rings (SSSR count). The van der Waals surface area contributed by atoms with Crippen LogP contribution in [0.2, 0.25) is 6.32 Å². The van der Waals surface area contributed by atoms with Crippen LogP contribution < -0.4 is 0 Å². The number of phenols is 1. The van der Waals surface area contributed by atoms with Crippen LogP contribution in [0, 0.1) is 17.8 Å². The molecule has 0 saturated carbocycles. The first-order valence-electron chi connectivity index (χ1n) is 12.7. The predicted molar refractivity (Wildman–Crippen MR) is 143 cm³/mol. The minimum absolute atomic E-state index is 0.124. The molecular weight excluding hydrogens is 489 g/mol. The van der Waals surface area contributed by atoms with Crippen LogP contribution in [0.3, 0.4) is 0 Å². The molecule has 7 nitrogen and oxygen atoms in total. The molecule has 9 heteroatoms. The van der Waals surface area contributed by atoms with E-state index < -0.39 is 19.0 Å². The number of imide groups is 1. The number of rotatable bonds is 8. The Kier molecular flexibility index (Phi) is 7.67. The summed E-state index contributed by atoms with van der Waals surface area (Å²) in [5.41, 5.74) is 4.19. The van der Waals surface area contributed by atoms with E-state index in [0.29, 0.717) is 32.3 Å². The Morgan fingerprint density at radius 3 is 2.70 bits per heavy atom. The summed E-state index contributed by atoms with van der Waals surface area (Å²) in [5.74, 6) is -1.18. The maximum absolute atomic E-state index is 13.6. The van der Waals surface area contributed by atoms with Crippen LogP contribution in [0.25, 0.3) is 6.08 Å². The van der Waals surface area contributed by atoms with Gasteiger partial charge in [-0.05, 0) is 78.7 Å². The van der Waals surface area contributed by atoms with E-state index in [4.69, 9.17) is 9.39 Å². The molecule has 2 N–H and O–H groups in total. The van der Waals surface area contributed by atoms with Crippen molar-refractivity contribution >= 4 is 36.3 Å². The minimum atomic E-state index is -0.989. The number of phenolic OH excluding ortho intramolecular Hbond substituents is 1. The highest BCUT2D eigenvalue weighted by atomic mass is 32.1. The van der Waals surface area contributed by atoms with Gasteiger partial charge in [-0.15, -0.1) is 11.3 Å². The van der Waals surface area contributed by atoms with Gasteiger partial charge in [0, 0.05) is 12.0 Å². The Labute approximate surface area is 221 Å². The van der Waals surface area contributed by atoms with Crippen molar-refractivity contribution in [2.24, 2.45) is 17.8 Å². The molecule has 1 aromatic heterocycles. The fourth-order valence-corrected chi connectivity index (χ4v) is 6.83. The molecular formula is C28H32BNO6S. The highest BCUT2D eigenvalue weighted by molar-refractivity contribution is 7.09. The van der Waals surface area contributed by atoms with Gasteiger partial charge in [-0.1, -0.05) is 29.8 Å². The molecule has 2 aromatic rings. The number of nitrogens with zero attached hydrogens (tertiary/aromatic N) is 1. The minimum Gasteiger partial charge on any atom is -0.508 e. The number of carbonyl (C=O) groups is 2. The Morgan fingerprint density at radius 1 is 1.22 bits per heavy atom. The van der Waals surface area contributed by atoms with E-state index in [1.165, 1.54) is 16.2 Å². The molecule has 194 valence electrons. The van der Waals surface area contributed by atoms with E-state index >= 15 is 0 Å². The van der Waals surface area contributed by atoms with Gasteiger partial charge >= 0.3 is 7.12 Å². The summed E-state index contributed by atoms with van der Waals surface area (Å²) in [6, 6.07) is 10.9. The van der Waals surface area contributed by atoms with Crippen LogP contribution in [0.15, 0.2) is 58.5 Å². The summed E-state index contributed by atoms with van der Waals surface area (Å²) >= 11 is 1.54. The number of hydrogen-bond donors (Lipinski definition) is 2. The number of aromatic hydroxyl groups is 1. The van der Waals surface area contributed by atoms with Crippen molar-refractivity contribution in [3.63, 3.8) is 0 Å². The van der Waals surface area contributed by atoms with Gasteiger partial charge in [0.1, 0.15) is 5.75 Å². The van der Waals surface area contributed by atoms with Crippen molar-refractivity contribution in [3.05, 3.63) is 68.9 Å². The Bertz CT molecular complexity index is 1210. The Hall–Kier alpha value is -2.72. The van der Waals surface area contributed by atoms with E-state index in [9.17, 15) is 19.7 Å². The number of thiophene rings is 1. The van der Waals surface area contributed by atoms with Gasteiger partial charge in [0.2, 0.25) is 11.8 Å². The number of benzene rings is 1. The standard InChI is InChI=1S/C28H32BNO6S/c1-17(12-18-6-8-20(31)9-7-18)5-10-24-25-19(16-35-2)13-22-26(23(25)14-29(34)36-24)28(33)30(27(22)32)15-21-4-3-11-37-21/h3-4,6-9,11-12,22-24,26,31,34H,5,10,13-16H2,1-2H3/b17-12+/t22-,23+,24-,26-/m1/s1. The van der Waals surface area contributed by atoms with Crippen LogP contribution in [0.4, 0.5) is 0 Å². The van der Waals surface area contributed by atoms with E-state index in [1.807, 2.05) is 36.6 Å². The van der Waals surface area contributed by atoms with Gasteiger partial charge in [0.05, 0.1) is 31.1 Å². The van der Waals surface area contributed by atoms with Crippen molar-refractivity contribution in [3.8, 4) is 5.75 Å². The van der Waals surface area contributed by atoms with Gasteiger partial charge in [-0.2, -0.15) is 0 Å². The zero-order valence-electron chi connectivity index (χ0n) is 21.1. The van der Waals surface area contributed by atoms with Gasteiger partial charge < -0.3 is 19.5 Å².